The Hall–Kier alpha value is -0.980. The highest BCUT2D eigenvalue weighted by Crippen LogP contribution is 2.36. The van der Waals surface area contributed by atoms with Gasteiger partial charge in [0.1, 0.15) is 0 Å². The molecule has 0 bridgehead atoms. The Balaban J connectivity index is 2.08. The molecule has 2 rings (SSSR count). The smallest absolute Gasteiger partial charge is 0.378 e. The molecule has 0 radical (unpaired) electrons. The Morgan fingerprint density at radius 2 is 1.85 bits per heavy atom. The van der Waals surface area contributed by atoms with Crippen molar-refractivity contribution in [3.05, 3.63) is 28.8 Å². The molecule has 3 nitrogen and oxygen atoms in total. The van der Waals surface area contributed by atoms with E-state index in [1.807, 2.05) is 0 Å². The topological polar surface area (TPSA) is 30.5 Å². The van der Waals surface area contributed by atoms with E-state index in [0.29, 0.717) is 18.9 Å². The number of anilines is 1. The molecule has 1 aromatic rings. The number of alkyl halides is 3. The highest BCUT2D eigenvalue weighted by Gasteiger charge is 2.34. The SMILES string of the molecule is CC1(C)OCC(Nc2ccc(Cl)c(C(F)(F)F)c2)CO1. The van der Waals surface area contributed by atoms with E-state index in [1.165, 1.54) is 12.1 Å². The maximum Gasteiger partial charge on any atom is 0.417 e. The second-order valence-electron chi connectivity index (χ2n) is 5.06. The first-order chi connectivity index (χ1) is 9.17. The number of ether oxygens (including phenoxy) is 2. The van der Waals surface area contributed by atoms with Crippen LogP contribution < -0.4 is 5.32 Å². The Bertz CT molecular complexity index is 481. The minimum Gasteiger partial charge on any atom is -0.378 e. The first-order valence-corrected chi connectivity index (χ1v) is 6.46. The Morgan fingerprint density at radius 3 is 2.40 bits per heavy atom. The van der Waals surface area contributed by atoms with Crippen molar-refractivity contribution < 1.29 is 22.6 Å². The molecular weight excluding hydrogens is 295 g/mol. The zero-order chi connectivity index (χ0) is 15.0. The second kappa shape index (κ2) is 5.42. The average Bonchev–Trinajstić information content (AvgIpc) is 2.33. The van der Waals surface area contributed by atoms with E-state index < -0.39 is 17.5 Å². The van der Waals surface area contributed by atoms with Gasteiger partial charge in [0.15, 0.2) is 5.79 Å². The molecule has 1 aliphatic rings. The van der Waals surface area contributed by atoms with Crippen LogP contribution in [0.15, 0.2) is 18.2 Å². The van der Waals surface area contributed by atoms with Crippen LogP contribution in [0.25, 0.3) is 0 Å². The van der Waals surface area contributed by atoms with Crippen LogP contribution in [-0.4, -0.2) is 25.0 Å². The summed E-state index contributed by atoms with van der Waals surface area (Å²) in [5, 5.41) is 2.63. The lowest BCUT2D eigenvalue weighted by atomic mass is 10.1. The lowest BCUT2D eigenvalue weighted by Gasteiger charge is -2.35. The third kappa shape index (κ3) is 3.77. The maximum absolute atomic E-state index is 12.7. The summed E-state index contributed by atoms with van der Waals surface area (Å²) >= 11 is 5.56. The zero-order valence-electron chi connectivity index (χ0n) is 11.1. The van der Waals surface area contributed by atoms with Gasteiger partial charge in [0.25, 0.3) is 0 Å². The normalized spacial score (nSPS) is 19.9. The fourth-order valence-corrected chi connectivity index (χ4v) is 2.07. The van der Waals surface area contributed by atoms with Gasteiger partial charge in [-0.15, -0.1) is 0 Å². The van der Waals surface area contributed by atoms with Gasteiger partial charge < -0.3 is 14.8 Å². The van der Waals surface area contributed by atoms with Crippen molar-refractivity contribution >= 4 is 17.3 Å². The molecule has 0 unspecified atom stereocenters. The van der Waals surface area contributed by atoms with Gasteiger partial charge in [0.05, 0.1) is 29.8 Å². The van der Waals surface area contributed by atoms with Gasteiger partial charge in [-0.2, -0.15) is 13.2 Å². The first-order valence-electron chi connectivity index (χ1n) is 6.08. The summed E-state index contributed by atoms with van der Waals surface area (Å²) in [4.78, 5) is 0. The van der Waals surface area contributed by atoms with Crippen LogP contribution in [0.3, 0.4) is 0 Å². The number of hydrogen-bond donors (Lipinski definition) is 1. The predicted octanol–water partition coefficient (Wildman–Crippen LogP) is 3.92. The monoisotopic (exact) mass is 309 g/mol. The fourth-order valence-electron chi connectivity index (χ4n) is 1.84. The minimum absolute atomic E-state index is 0.203. The highest BCUT2D eigenvalue weighted by molar-refractivity contribution is 6.31. The molecule has 0 saturated carbocycles. The van der Waals surface area contributed by atoms with Crippen LogP contribution in [0.2, 0.25) is 5.02 Å². The van der Waals surface area contributed by atoms with Crippen LogP contribution in [-0.2, 0) is 15.7 Å². The number of hydrogen-bond acceptors (Lipinski definition) is 3. The summed E-state index contributed by atoms with van der Waals surface area (Å²) in [5.41, 5.74) is -0.527. The Labute approximate surface area is 120 Å². The molecule has 0 atom stereocenters. The summed E-state index contributed by atoms with van der Waals surface area (Å²) in [7, 11) is 0. The first kappa shape index (κ1) is 15.4. The molecule has 7 heteroatoms. The van der Waals surface area contributed by atoms with Gasteiger partial charge in [0.2, 0.25) is 0 Å². The van der Waals surface area contributed by atoms with Crippen molar-refractivity contribution in [2.45, 2.75) is 31.9 Å². The molecule has 20 heavy (non-hydrogen) atoms. The van der Waals surface area contributed by atoms with Crippen molar-refractivity contribution in [1.29, 1.82) is 0 Å². The number of nitrogens with one attached hydrogen (secondary N) is 1. The van der Waals surface area contributed by atoms with E-state index in [-0.39, 0.29) is 11.1 Å². The van der Waals surface area contributed by atoms with E-state index in [1.54, 1.807) is 13.8 Å². The lowest BCUT2D eigenvalue weighted by molar-refractivity contribution is -0.247. The second-order valence-corrected chi connectivity index (χ2v) is 5.46. The summed E-state index contributed by atoms with van der Waals surface area (Å²) < 4.78 is 49.1. The summed E-state index contributed by atoms with van der Waals surface area (Å²) in [6.07, 6.45) is -4.48. The van der Waals surface area contributed by atoms with Crippen LogP contribution >= 0.6 is 11.6 Å². The lowest BCUT2D eigenvalue weighted by Crippen LogP contribution is -2.45. The van der Waals surface area contributed by atoms with E-state index in [2.05, 4.69) is 5.32 Å². The molecule has 1 saturated heterocycles. The summed E-state index contributed by atoms with van der Waals surface area (Å²) in [6.45, 7) is 4.29. The number of benzene rings is 1. The molecule has 0 aliphatic carbocycles. The quantitative estimate of drug-likeness (QED) is 0.898. The van der Waals surface area contributed by atoms with Crippen LogP contribution in [0, 0.1) is 0 Å². The molecule has 1 N–H and O–H groups in total. The van der Waals surface area contributed by atoms with Crippen LogP contribution in [0.4, 0.5) is 18.9 Å². The summed E-state index contributed by atoms with van der Waals surface area (Å²) in [6, 6.07) is 3.51. The van der Waals surface area contributed by atoms with Crippen molar-refractivity contribution in [2.75, 3.05) is 18.5 Å². The third-order valence-corrected chi connectivity index (χ3v) is 3.24. The standard InChI is InChI=1S/C13H15ClF3NO2/c1-12(2)19-6-9(7-20-12)18-8-3-4-11(14)10(5-8)13(15,16)17/h3-5,9,18H,6-7H2,1-2H3. The maximum atomic E-state index is 12.7. The van der Waals surface area contributed by atoms with Crippen molar-refractivity contribution in [2.24, 2.45) is 0 Å². The molecule has 1 aliphatic heterocycles. The molecule has 0 amide bonds. The largest absolute Gasteiger partial charge is 0.417 e. The average molecular weight is 310 g/mol. The molecule has 1 fully saturated rings. The molecule has 1 heterocycles. The van der Waals surface area contributed by atoms with Gasteiger partial charge >= 0.3 is 6.18 Å². The zero-order valence-corrected chi connectivity index (χ0v) is 11.8. The molecule has 0 spiro atoms. The van der Waals surface area contributed by atoms with Crippen molar-refractivity contribution in [3.8, 4) is 0 Å². The van der Waals surface area contributed by atoms with E-state index in [4.69, 9.17) is 21.1 Å². The Morgan fingerprint density at radius 1 is 1.25 bits per heavy atom. The van der Waals surface area contributed by atoms with Crippen molar-refractivity contribution in [3.63, 3.8) is 0 Å². The summed E-state index contributed by atoms with van der Waals surface area (Å²) in [5.74, 6) is -0.657. The Kier molecular flexibility index (Phi) is 4.18. The highest BCUT2D eigenvalue weighted by atomic mass is 35.5. The third-order valence-electron chi connectivity index (χ3n) is 2.91. The molecular formula is C13H15ClF3NO2. The van der Waals surface area contributed by atoms with Crippen LogP contribution in [0.1, 0.15) is 19.4 Å². The van der Waals surface area contributed by atoms with Crippen LogP contribution in [0.5, 0.6) is 0 Å². The number of rotatable bonds is 2. The van der Waals surface area contributed by atoms with Gasteiger partial charge in [-0.25, -0.2) is 0 Å². The van der Waals surface area contributed by atoms with E-state index >= 15 is 0 Å². The van der Waals surface area contributed by atoms with E-state index in [9.17, 15) is 13.2 Å². The van der Waals surface area contributed by atoms with Gasteiger partial charge in [-0.05, 0) is 32.0 Å². The predicted molar refractivity (Wildman–Crippen MR) is 69.8 cm³/mol. The van der Waals surface area contributed by atoms with Crippen molar-refractivity contribution in [1.82, 2.24) is 0 Å². The molecule has 0 aromatic heterocycles. The number of halogens is 4. The van der Waals surface area contributed by atoms with E-state index in [0.717, 1.165) is 6.07 Å². The van der Waals surface area contributed by atoms with Gasteiger partial charge in [-0.3, -0.25) is 0 Å². The molecule has 112 valence electrons. The minimum atomic E-state index is -4.48. The van der Waals surface area contributed by atoms with Gasteiger partial charge in [-0.1, -0.05) is 11.6 Å². The fraction of sp³-hybridized carbons (Fsp3) is 0.538. The van der Waals surface area contributed by atoms with Gasteiger partial charge in [0, 0.05) is 5.69 Å². The molecule has 1 aromatic carbocycles.